The van der Waals surface area contributed by atoms with Crippen LogP contribution in [0, 0.1) is 103 Å². The third-order valence-corrected chi connectivity index (χ3v) is 24.4. The highest BCUT2D eigenvalue weighted by atomic mass is 16.5. The Morgan fingerprint density at radius 1 is 0.730 bits per heavy atom. The van der Waals surface area contributed by atoms with Crippen LogP contribution < -0.4 is 5.32 Å². The minimum absolute atomic E-state index is 0.0245. The largest absolute Gasteiger partial charge is 0.462 e. The molecule has 9 aliphatic carbocycles. The van der Waals surface area contributed by atoms with Crippen LogP contribution in [-0.2, 0) is 14.3 Å². The Labute approximate surface area is 386 Å². The summed E-state index contributed by atoms with van der Waals surface area (Å²) < 4.78 is 7.02. The molecule has 0 saturated heterocycles. The molecule has 4 nitrogen and oxygen atoms in total. The maximum Gasteiger partial charge on any atom is 0.312 e. The van der Waals surface area contributed by atoms with Gasteiger partial charge in [-0.3, -0.25) is 9.59 Å². The van der Waals surface area contributed by atoms with Crippen LogP contribution in [0.15, 0.2) is 23.8 Å². The van der Waals surface area contributed by atoms with Crippen molar-refractivity contribution < 1.29 is 14.3 Å². The average Bonchev–Trinajstić information content (AvgIpc) is 3.78. The van der Waals surface area contributed by atoms with Crippen LogP contribution in [0.3, 0.4) is 0 Å². The lowest BCUT2D eigenvalue weighted by atomic mass is 9.32. The number of carbonyl (C=O) groups excluding carboxylic acids is 2. The van der Waals surface area contributed by atoms with E-state index in [9.17, 15) is 4.79 Å². The minimum Gasteiger partial charge on any atom is -0.462 e. The first-order chi connectivity index (χ1) is 29.6. The number of carbonyl (C=O) groups is 2. The Kier molecular flexibility index (Phi) is 11.8. The number of hydrogen-bond acceptors (Lipinski definition) is 3. The van der Waals surface area contributed by atoms with Gasteiger partial charge < -0.3 is 10.1 Å². The molecule has 354 valence electrons. The van der Waals surface area contributed by atoms with Gasteiger partial charge in [-0.1, -0.05) is 112 Å². The van der Waals surface area contributed by atoms with Gasteiger partial charge in [-0.25, -0.2) is 0 Å². The van der Waals surface area contributed by atoms with Gasteiger partial charge in [0.15, 0.2) is 0 Å². The van der Waals surface area contributed by atoms with E-state index in [4.69, 9.17) is 4.74 Å². The fourth-order valence-corrected chi connectivity index (χ4v) is 21.0. The molecule has 0 aromatic rings. The molecule has 0 radical (unpaired) electrons. The molecular weight excluding hydrogens is 771 g/mol. The number of ether oxygens (including phenoxy) is 1. The summed E-state index contributed by atoms with van der Waals surface area (Å²) in [5.41, 5.74) is 4.12. The highest BCUT2D eigenvalue weighted by molar-refractivity contribution is 5.78. The normalized spacial score (nSPS) is 50.0. The van der Waals surface area contributed by atoms with Crippen molar-refractivity contribution >= 4 is 11.9 Å². The van der Waals surface area contributed by atoms with E-state index in [-0.39, 0.29) is 56.5 Å². The summed E-state index contributed by atoms with van der Waals surface area (Å²) in [5.74, 6) is 7.91. The fourth-order valence-electron chi connectivity index (χ4n) is 21.0. The van der Waals surface area contributed by atoms with Gasteiger partial charge in [0.05, 0.1) is 5.41 Å². The number of nitrogens with one attached hydrogen (secondary N) is 1. The van der Waals surface area contributed by atoms with Crippen LogP contribution in [0.25, 0.3) is 0 Å². The van der Waals surface area contributed by atoms with E-state index >= 15 is 4.79 Å². The first kappa shape index (κ1) is 46.5. The smallest absolute Gasteiger partial charge is 0.312 e. The molecule has 9 aliphatic rings. The van der Waals surface area contributed by atoms with E-state index in [0.29, 0.717) is 35.0 Å². The lowest BCUT2D eigenvalue weighted by Gasteiger charge is -2.73. The second-order valence-electron chi connectivity index (χ2n) is 27.5. The number of hydrogen-bond donors (Lipinski definition) is 1. The fraction of sp³-hybridized carbons (Fsp3) is 0.898. The van der Waals surface area contributed by atoms with Crippen molar-refractivity contribution in [1.82, 2.24) is 5.32 Å². The molecule has 8 saturated carbocycles. The van der Waals surface area contributed by atoms with E-state index in [1.807, 2.05) is 0 Å². The standard InChI is InChI=1S/C59H95NO3/c1-36(2)15-14-16-38(5)44-19-20-45-43-18-17-40-35-41(23-28-54(40,9)46(43)25-29-55(44,45)10)63-52(62)59-32-24-42(37(3)4)51(59)47-21-22-49-56(11)30-27-50(60-39(6)61)53(7,8)48(56)26-31-58(49,13)57(47,12)33-34-59/h17,36,38,41-51H,3,14-16,18-35H2,1-2,4-13H3,(H,60,61)/t38-,41-,42+,43+,44-,45+,46+,47-,48?,49-,50?,51?,54+,55-,56+,57-,58-,59+/m1/s1. The number of esters is 1. The second kappa shape index (κ2) is 16.0. The van der Waals surface area contributed by atoms with Crippen molar-refractivity contribution in [2.24, 2.45) is 103 Å². The molecule has 8 fully saturated rings. The molecule has 0 aromatic heterocycles. The van der Waals surface area contributed by atoms with E-state index in [1.165, 1.54) is 95.5 Å². The molecule has 1 amide bonds. The third-order valence-electron chi connectivity index (χ3n) is 24.4. The lowest BCUT2D eigenvalue weighted by molar-refractivity contribution is -0.241. The van der Waals surface area contributed by atoms with Crippen LogP contribution in [0.1, 0.15) is 218 Å². The highest BCUT2D eigenvalue weighted by Gasteiger charge is 2.72. The predicted molar refractivity (Wildman–Crippen MR) is 259 cm³/mol. The summed E-state index contributed by atoms with van der Waals surface area (Å²) in [6.45, 7) is 34.4. The first-order valence-corrected chi connectivity index (χ1v) is 27.4. The first-order valence-electron chi connectivity index (χ1n) is 27.4. The lowest BCUT2D eigenvalue weighted by Crippen LogP contribution is -2.68. The van der Waals surface area contributed by atoms with Crippen molar-refractivity contribution in [3.05, 3.63) is 23.8 Å². The van der Waals surface area contributed by atoms with Crippen LogP contribution in [-0.4, -0.2) is 24.0 Å². The van der Waals surface area contributed by atoms with Crippen molar-refractivity contribution in [2.45, 2.75) is 230 Å². The van der Waals surface area contributed by atoms with Gasteiger partial charge in [-0.2, -0.15) is 0 Å². The molecule has 0 aromatic carbocycles. The molecule has 1 N–H and O–H groups in total. The SMILES string of the molecule is C=C(C)[C@@H]1CC[C@]2(C(=O)O[C@@H]3CC[C@@]4(C)C(=CC[C@H]5[C@@H]6CC[C@H]([C@H](C)CCCC(C)C)[C@@]6(C)CC[C@@H]54)C3)CC[C@]3(C)[C@H](CC[C@@H]4[C@@]5(C)CCC(NC(C)=O)C(C)(C)C5CC[C@]43C)C12. The summed E-state index contributed by atoms with van der Waals surface area (Å²) in [6, 6.07) is 0.256. The quantitative estimate of drug-likeness (QED) is 0.186. The molecule has 0 heterocycles. The van der Waals surface area contributed by atoms with Gasteiger partial charge in [-0.05, 0) is 214 Å². The number of rotatable bonds is 9. The molecule has 0 bridgehead atoms. The molecule has 4 heteroatoms. The zero-order chi connectivity index (χ0) is 45.3. The van der Waals surface area contributed by atoms with Gasteiger partial charge in [-0.15, -0.1) is 0 Å². The summed E-state index contributed by atoms with van der Waals surface area (Å²) >= 11 is 0. The van der Waals surface area contributed by atoms with Crippen LogP contribution >= 0.6 is 0 Å². The molecule has 0 aliphatic heterocycles. The maximum atomic E-state index is 15.3. The molecule has 0 spiro atoms. The topological polar surface area (TPSA) is 55.4 Å². The molecule has 9 rings (SSSR count). The third kappa shape index (κ3) is 6.86. The van der Waals surface area contributed by atoms with Crippen LogP contribution in [0.2, 0.25) is 0 Å². The predicted octanol–water partition coefficient (Wildman–Crippen LogP) is 15.1. The van der Waals surface area contributed by atoms with Gasteiger partial charge in [0.2, 0.25) is 5.91 Å². The molecule has 63 heavy (non-hydrogen) atoms. The number of allylic oxidation sites excluding steroid dienone is 2. The van der Waals surface area contributed by atoms with Gasteiger partial charge in [0, 0.05) is 19.4 Å². The van der Waals surface area contributed by atoms with Crippen molar-refractivity contribution in [1.29, 1.82) is 0 Å². The van der Waals surface area contributed by atoms with E-state index in [0.717, 1.165) is 80.5 Å². The van der Waals surface area contributed by atoms with E-state index in [1.54, 1.807) is 12.5 Å². The Morgan fingerprint density at radius 2 is 1.46 bits per heavy atom. The summed E-state index contributed by atoms with van der Waals surface area (Å²) in [7, 11) is 0. The number of amides is 1. The molecular formula is C59H95NO3. The number of fused-ring (bicyclic) bond motifs is 12. The van der Waals surface area contributed by atoms with Crippen molar-refractivity contribution in [2.75, 3.05) is 0 Å². The van der Waals surface area contributed by atoms with E-state index in [2.05, 4.69) is 94.1 Å². The van der Waals surface area contributed by atoms with Crippen molar-refractivity contribution in [3.63, 3.8) is 0 Å². The van der Waals surface area contributed by atoms with Gasteiger partial charge >= 0.3 is 5.97 Å². The zero-order valence-electron chi connectivity index (χ0n) is 42.9. The average molecular weight is 866 g/mol. The monoisotopic (exact) mass is 866 g/mol. The molecule has 3 unspecified atom stereocenters. The summed E-state index contributed by atoms with van der Waals surface area (Å²) in [5, 5.41) is 3.39. The second-order valence-corrected chi connectivity index (χ2v) is 27.5. The van der Waals surface area contributed by atoms with E-state index < -0.39 is 0 Å². The van der Waals surface area contributed by atoms with Gasteiger partial charge in [0.25, 0.3) is 0 Å². The zero-order valence-corrected chi connectivity index (χ0v) is 42.9. The maximum absolute atomic E-state index is 15.3. The molecule has 18 atom stereocenters. The summed E-state index contributed by atoms with van der Waals surface area (Å²) in [6.07, 6.45) is 28.6. The van der Waals surface area contributed by atoms with Crippen molar-refractivity contribution in [3.8, 4) is 0 Å². The Bertz CT molecular complexity index is 1830. The Hall–Kier alpha value is -1.58. The minimum atomic E-state index is -0.373. The van der Waals surface area contributed by atoms with Gasteiger partial charge in [0.1, 0.15) is 6.10 Å². The van der Waals surface area contributed by atoms with Crippen LogP contribution in [0.4, 0.5) is 0 Å². The highest BCUT2D eigenvalue weighted by Crippen LogP contribution is 2.78. The Morgan fingerprint density at radius 3 is 2.17 bits per heavy atom. The Balaban J connectivity index is 0.908. The van der Waals surface area contributed by atoms with Crippen LogP contribution in [0.5, 0.6) is 0 Å². The summed E-state index contributed by atoms with van der Waals surface area (Å²) in [4.78, 5) is 27.6.